The Labute approximate surface area is 280 Å². The molecule has 0 radical (unpaired) electrons. The Hall–Kier alpha value is -2.99. The molecule has 6 heteroatoms. The molecule has 1 saturated carbocycles. The molecule has 0 saturated heterocycles. The summed E-state index contributed by atoms with van der Waals surface area (Å²) in [7, 11) is 0. The van der Waals surface area contributed by atoms with Gasteiger partial charge in [-0.3, -0.25) is 9.18 Å². The summed E-state index contributed by atoms with van der Waals surface area (Å²) in [6, 6.07) is 8.27. The zero-order valence-corrected chi connectivity index (χ0v) is 29.7. The average Bonchev–Trinajstić information content (AvgIpc) is 3.06. The minimum absolute atomic E-state index is 0.00871. The molecule has 2 atom stereocenters. The van der Waals surface area contributed by atoms with Crippen LogP contribution in [0.25, 0.3) is 5.57 Å². The zero-order chi connectivity index (χ0) is 34.7. The molecule has 0 heterocycles. The molecule has 1 aliphatic carbocycles. The lowest BCUT2D eigenvalue weighted by Gasteiger charge is -2.29. The predicted octanol–water partition coefficient (Wildman–Crippen LogP) is 10.0. The number of ether oxygens (including phenoxy) is 2. The van der Waals surface area contributed by atoms with Crippen molar-refractivity contribution >= 4 is 18.0 Å². The summed E-state index contributed by atoms with van der Waals surface area (Å²) >= 11 is 0. The Morgan fingerprint density at radius 2 is 1.61 bits per heavy atom. The highest BCUT2D eigenvalue weighted by Crippen LogP contribution is 2.35. The molecule has 0 bridgehead atoms. The number of esters is 1. The van der Waals surface area contributed by atoms with Crippen LogP contribution in [0.5, 0.6) is 0 Å². The number of benzene rings is 1. The summed E-state index contributed by atoms with van der Waals surface area (Å²) in [6.07, 6.45) is 18.0. The molecule has 0 aromatic heterocycles. The highest BCUT2D eigenvalue weighted by molar-refractivity contribution is 5.87. The van der Waals surface area contributed by atoms with Gasteiger partial charge in [0.05, 0.1) is 32.1 Å². The summed E-state index contributed by atoms with van der Waals surface area (Å²) in [4.78, 5) is 22.5. The maximum absolute atomic E-state index is 12.3. The first-order valence-corrected chi connectivity index (χ1v) is 17.3. The number of aliphatic hydroxyl groups excluding tert-OH is 1. The van der Waals surface area contributed by atoms with Gasteiger partial charge >= 0.3 is 5.97 Å². The number of carbonyl (C=O) groups is 2. The molecular formula is C40H63FO5. The minimum Gasteiger partial charge on any atom is -0.467 e. The molecular weight excluding hydrogens is 579 g/mol. The fourth-order valence-corrected chi connectivity index (χ4v) is 5.43. The molecule has 0 aliphatic heterocycles. The van der Waals surface area contributed by atoms with Crippen molar-refractivity contribution in [3.05, 3.63) is 77.9 Å². The van der Waals surface area contributed by atoms with Gasteiger partial charge in [0.1, 0.15) is 0 Å². The van der Waals surface area contributed by atoms with Crippen molar-refractivity contribution in [2.45, 2.75) is 106 Å². The SMILES string of the molecule is C=C(C)C.C=C(CO)C(=O)OCC(COC=O)Cc1ccc(C(/C=C\C(C)CCC2CCC(CCCCF)CC2)=C/C)cc1.CC. The monoisotopic (exact) mass is 642 g/mol. The van der Waals surface area contributed by atoms with Crippen LogP contribution in [0.4, 0.5) is 4.39 Å². The first-order chi connectivity index (χ1) is 22.1. The number of alkyl halides is 1. The lowest BCUT2D eigenvalue weighted by molar-refractivity contribution is -0.142. The van der Waals surface area contributed by atoms with Crippen LogP contribution in [0.3, 0.4) is 0 Å². The van der Waals surface area contributed by atoms with E-state index in [0.717, 1.165) is 35.8 Å². The Balaban J connectivity index is 0.00000312. The average molecular weight is 643 g/mol. The Morgan fingerprint density at radius 3 is 2.13 bits per heavy atom. The van der Waals surface area contributed by atoms with E-state index in [1.807, 2.05) is 46.8 Å². The third-order valence-corrected chi connectivity index (χ3v) is 8.05. The number of allylic oxidation sites excluding steroid dienone is 5. The predicted molar refractivity (Wildman–Crippen MR) is 191 cm³/mol. The van der Waals surface area contributed by atoms with Gasteiger partial charge in [-0.1, -0.05) is 114 Å². The van der Waals surface area contributed by atoms with Crippen molar-refractivity contribution in [1.29, 1.82) is 0 Å². The fourth-order valence-electron chi connectivity index (χ4n) is 5.43. The van der Waals surface area contributed by atoms with Gasteiger partial charge in [-0.05, 0) is 80.9 Å². The van der Waals surface area contributed by atoms with Gasteiger partial charge < -0.3 is 14.6 Å². The number of unbranched alkanes of at least 4 members (excludes halogenated alkanes) is 1. The number of halogens is 1. The standard InChI is InChI=1S/C34H49FO5.C4H8.C2H6/c1-4-32(17-9-26(2)8-10-29-13-11-28(12-14-29)7-5-6-20-35)33-18-15-30(16-19-33)21-31(23-39-25-37)24-40-34(38)27(3)22-36;1-4(2)3;1-2/h4,9,15-19,25-26,28-29,31,36H,3,5-8,10-14,20-24H2,1-2H3;1H2,2-3H3;1-2H3/b17-9-,32-4+;;. The second-order valence-corrected chi connectivity index (χ2v) is 12.5. The van der Waals surface area contributed by atoms with Crippen LogP contribution >= 0.6 is 0 Å². The quantitative estimate of drug-likeness (QED) is 0.0406. The van der Waals surface area contributed by atoms with Crippen molar-refractivity contribution in [3.8, 4) is 0 Å². The number of rotatable bonds is 19. The van der Waals surface area contributed by atoms with E-state index in [9.17, 15) is 14.0 Å². The van der Waals surface area contributed by atoms with Crippen LogP contribution in [-0.4, -0.2) is 44.0 Å². The van der Waals surface area contributed by atoms with Crippen molar-refractivity contribution in [2.24, 2.45) is 23.7 Å². The van der Waals surface area contributed by atoms with Crippen molar-refractivity contribution in [3.63, 3.8) is 0 Å². The number of hydrogen-bond acceptors (Lipinski definition) is 5. The topological polar surface area (TPSA) is 72.8 Å². The third kappa shape index (κ3) is 20.2. The number of carbonyl (C=O) groups excluding carboxylic acids is 2. The van der Waals surface area contributed by atoms with E-state index in [1.165, 1.54) is 56.1 Å². The maximum atomic E-state index is 12.3. The van der Waals surface area contributed by atoms with Crippen LogP contribution in [0, 0.1) is 23.7 Å². The largest absolute Gasteiger partial charge is 0.467 e. The Morgan fingerprint density at radius 1 is 1.02 bits per heavy atom. The van der Waals surface area contributed by atoms with E-state index in [0.29, 0.717) is 18.8 Å². The minimum atomic E-state index is -0.651. The normalized spacial score (nSPS) is 17.4. The molecule has 1 aliphatic rings. The molecule has 260 valence electrons. The first-order valence-electron chi connectivity index (χ1n) is 17.3. The van der Waals surface area contributed by atoms with Crippen LogP contribution in [-0.2, 0) is 25.5 Å². The summed E-state index contributed by atoms with van der Waals surface area (Å²) in [5.74, 6) is 1.31. The summed E-state index contributed by atoms with van der Waals surface area (Å²) in [6.45, 7) is 19.3. The van der Waals surface area contributed by atoms with Gasteiger partial charge in [0, 0.05) is 5.92 Å². The summed E-state index contributed by atoms with van der Waals surface area (Å²) in [5.41, 5.74) is 4.51. The lowest BCUT2D eigenvalue weighted by Crippen LogP contribution is -2.22. The zero-order valence-electron chi connectivity index (χ0n) is 29.7. The van der Waals surface area contributed by atoms with E-state index in [2.05, 4.69) is 50.4 Å². The second kappa shape index (κ2) is 27.2. The molecule has 0 spiro atoms. The highest BCUT2D eigenvalue weighted by Gasteiger charge is 2.21. The fraction of sp³-hybridized carbons (Fsp3) is 0.600. The van der Waals surface area contributed by atoms with Gasteiger partial charge in [-0.15, -0.1) is 6.58 Å². The first kappa shape index (κ1) is 43.0. The third-order valence-electron chi connectivity index (χ3n) is 8.05. The summed E-state index contributed by atoms with van der Waals surface area (Å²) < 4.78 is 22.5. The molecule has 0 amide bonds. The van der Waals surface area contributed by atoms with Gasteiger partial charge in [0.2, 0.25) is 0 Å². The molecule has 5 nitrogen and oxygen atoms in total. The molecule has 1 N–H and O–H groups in total. The molecule has 1 aromatic carbocycles. The van der Waals surface area contributed by atoms with Gasteiger partial charge in [-0.2, -0.15) is 0 Å². The van der Waals surface area contributed by atoms with Crippen molar-refractivity contribution < 1.29 is 28.6 Å². The second-order valence-electron chi connectivity index (χ2n) is 12.5. The van der Waals surface area contributed by atoms with Gasteiger partial charge in [-0.25, -0.2) is 4.79 Å². The molecule has 1 fully saturated rings. The van der Waals surface area contributed by atoms with Gasteiger partial charge in [0.25, 0.3) is 6.47 Å². The smallest absolute Gasteiger partial charge is 0.335 e. The van der Waals surface area contributed by atoms with Crippen LogP contribution in [0.1, 0.15) is 110 Å². The lowest BCUT2D eigenvalue weighted by atomic mass is 9.77. The molecule has 2 rings (SSSR count). The molecule has 2 unspecified atom stereocenters. The van der Waals surface area contributed by atoms with Crippen molar-refractivity contribution in [2.75, 3.05) is 26.5 Å². The van der Waals surface area contributed by atoms with E-state index in [1.54, 1.807) is 0 Å². The molecule has 46 heavy (non-hydrogen) atoms. The Bertz CT molecular complexity index is 1030. The van der Waals surface area contributed by atoms with Crippen LogP contribution < -0.4 is 0 Å². The van der Waals surface area contributed by atoms with E-state index >= 15 is 0 Å². The van der Waals surface area contributed by atoms with Crippen LogP contribution in [0.2, 0.25) is 0 Å². The number of hydrogen-bond donors (Lipinski definition) is 1. The van der Waals surface area contributed by atoms with E-state index in [-0.39, 0.29) is 31.4 Å². The van der Waals surface area contributed by atoms with E-state index < -0.39 is 12.6 Å². The van der Waals surface area contributed by atoms with E-state index in [4.69, 9.17) is 14.6 Å². The Kier molecular flexibility index (Phi) is 25.4. The molecule has 1 aromatic rings. The highest BCUT2D eigenvalue weighted by atomic mass is 19.1. The van der Waals surface area contributed by atoms with Crippen LogP contribution in [0.15, 0.2) is 66.8 Å². The van der Waals surface area contributed by atoms with Crippen molar-refractivity contribution in [1.82, 2.24) is 0 Å². The summed E-state index contributed by atoms with van der Waals surface area (Å²) in [5, 5.41) is 9.03. The number of aliphatic hydroxyl groups is 1. The maximum Gasteiger partial charge on any atom is 0.335 e. The van der Waals surface area contributed by atoms with Gasteiger partial charge in [0.15, 0.2) is 0 Å².